The topological polar surface area (TPSA) is 117 Å². The number of hydrogen-bond acceptors (Lipinski definition) is 7. The van der Waals surface area contributed by atoms with Crippen molar-refractivity contribution in [3.05, 3.63) is 58.6 Å². The Labute approximate surface area is 209 Å². The quantitative estimate of drug-likeness (QED) is 0.319. The lowest BCUT2D eigenvalue weighted by Gasteiger charge is -2.46. The SMILES string of the molecule is COC(=O)C(C)(C)CN1C(=O)N(N)C(Nc2ccc(OC)c(C)c2)N(Cc2ccc(Cl)cc2)C1=O. The van der Waals surface area contributed by atoms with Gasteiger partial charge in [-0.25, -0.2) is 25.3 Å². The second-order valence-electron chi connectivity index (χ2n) is 8.89. The molecule has 1 saturated heterocycles. The first-order valence-corrected chi connectivity index (χ1v) is 11.3. The smallest absolute Gasteiger partial charge is 0.345 e. The highest BCUT2D eigenvalue weighted by Gasteiger charge is 2.46. The number of methoxy groups -OCH3 is 2. The minimum absolute atomic E-state index is 0.124. The van der Waals surface area contributed by atoms with E-state index in [4.69, 9.17) is 26.9 Å². The molecule has 0 radical (unpaired) electrons. The van der Waals surface area contributed by atoms with Crippen LogP contribution in [0.15, 0.2) is 42.5 Å². The van der Waals surface area contributed by atoms with E-state index in [1.54, 1.807) is 57.4 Å². The second kappa shape index (κ2) is 10.4. The summed E-state index contributed by atoms with van der Waals surface area (Å²) in [7, 11) is 2.83. The molecule has 4 amide bonds. The molecule has 1 heterocycles. The molecule has 3 rings (SSSR count). The highest BCUT2D eigenvalue weighted by molar-refractivity contribution is 6.30. The summed E-state index contributed by atoms with van der Waals surface area (Å²) in [5, 5.41) is 4.66. The molecule has 0 spiro atoms. The molecular weight excluding hydrogens is 474 g/mol. The molecule has 0 aliphatic carbocycles. The van der Waals surface area contributed by atoms with Crippen molar-refractivity contribution in [2.24, 2.45) is 11.3 Å². The van der Waals surface area contributed by atoms with Gasteiger partial charge in [0, 0.05) is 17.3 Å². The minimum Gasteiger partial charge on any atom is -0.496 e. The Hall–Kier alpha value is -3.50. The Bertz CT molecular complexity index is 1110. The van der Waals surface area contributed by atoms with E-state index in [0.29, 0.717) is 16.5 Å². The normalized spacial score (nSPS) is 16.4. The number of nitrogens with zero attached hydrogens (tertiary/aromatic N) is 3. The van der Waals surface area contributed by atoms with Gasteiger partial charge < -0.3 is 14.8 Å². The van der Waals surface area contributed by atoms with Gasteiger partial charge in [0.25, 0.3) is 0 Å². The van der Waals surface area contributed by atoms with Gasteiger partial charge in [-0.15, -0.1) is 0 Å². The Morgan fingerprint density at radius 3 is 2.34 bits per heavy atom. The number of carbonyl (C=O) groups is 3. The molecule has 2 aromatic rings. The minimum atomic E-state index is -1.14. The maximum absolute atomic E-state index is 13.6. The van der Waals surface area contributed by atoms with Crippen molar-refractivity contribution in [1.82, 2.24) is 14.8 Å². The summed E-state index contributed by atoms with van der Waals surface area (Å²) in [5.74, 6) is 6.38. The molecule has 0 aromatic heterocycles. The van der Waals surface area contributed by atoms with Gasteiger partial charge in [-0.1, -0.05) is 23.7 Å². The zero-order chi connectivity index (χ0) is 25.9. The van der Waals surface area contributed by atoms with E-state index in [2.05, 4.69) is 5.32 Å². The monoisotopic (exact) mass is 503 g/mol. The Kier molecular flexibility index (Phi) is 7.76. The van der Waals surface area contributed by atoms with E-state index < -0.39 is 29.7 Å². The average molecular weight is 504 g/mol. The van der Waals surface area contributed by atoms with E-state index in [1.165, 1.54) is 12.0 Å². The zero-order valence-electron chi connectivity index (χ0n) is 20.4. The van der Waals surface area contributed by atoms with E-state index in [-0.39, 0.29) is 13.1 Å². The number of urea groups is 2. The molecule has 10 nitrogen and oxygen atoms in total. The van der Waals surface area contributed by atoms with Crippen molar-refractivity contribution in [2.75, 3.05) is 26.1 Å². The highest BCUT2D eigenvalue weighted by Crippen LogP contribution is 2.28. The summed E-state index contributed by atoms with van der Waals surface area (Å²) >= 11 is 6.01. The van der Waals surface area contributed by atoms with Crippen LogP contribution >= 0.6 is 11.6 Å². The first-order chi connectivity index (χ1) is 16.5. The van der Waals surface area contributed by atoms with Gasteiger partial charge in [0.1, 0.15) is 5.75 Å². The predicted molar refractivity (Wildman–Crippen MR) is 131 cm³/mol. The number of nitrogens with two attached hydrogens (primary N) is 1. The number of esters is 1. The van der Waals surface area contributed by atoms with Crippen LogP contribution in [0.2, 0.25) is 5.02 Å². The van der Waals surface area contributed by atoms with Crippen molar-refractivity contribution >= 4 is 35.3 Å². The van der Waals surface area contributed by atoms with Crippen LogP contribution in [0.5, 0.6) is 5.75 Å². The number of aryl methyl sites for hydroxylation is 1. The van der Waals surface area contributed by atoms with Crippen molar-refractivity contribution < 1.29 is 23.9 Å². The number of halogens is 1. The summed E-state index contributed by atoms with van der Waals surface area (Å²) < 4.78 is 10.1. The molecule has 11 heteroatoms. The first-order valence-electron chi connectivity index (χ1n) is 10.9. The Morgan fingerprint density at radius 2 is 1.77 bits per heavy atom. The number of amides is 4. The van der Waals surface area contributed by atoms with Crippen molar-refractivity contribution in [2.45, 2.75) is 33.6 Å². The number of rotatable bonds is 8. The standard InChI is InChI=1S/C24H30ClN5O5/c1-15-12-18(10-11-19(15)34-4)27-21-28(13-16-6-8-17(25)9-7-16)22(32)29(23(33)30(21)26)14-24(2,3)20(31)35-5/h6-12,21,27H,13-14,26H2,1-5H3. The largest absolute Gasteiger partial charge is 0.496 e. The Morgan fingerprint density at radius 1 is 1.11 bits per heavy atom. The third-order valence-electron chi connectivity index (χ3n) is 5.74. The van der Waals surface area contributed by atoms with Crippen LogP contribution in [0.4, 0.5) is 15.3 Å². The van der Waals surface area contributed by atoms with Gasteiger partial charge in [0.2, 0.25) is 6.29 Å². The van der Waals surface area contributed by atoms with Crippen molar-refractivity contribution in [1.29, 1.82) is 0 Å². The molecule has 1 aliphatic rings. The molecule has 0 saturated carbocycles. The van der Waals surface area contributed by atoms with Crippen molar-refractivity contribution in [3.8, 4) is 5.75 Å². The molecule has 1 aliphatic heterocycles. The third kappa shape index (κ3) is 5.60. The molecule has 188 valence electrons. The number of anilines is 1. The van der Waals surface area contributed by atoms with Crippen LogP contribution in [-0.4, -0.2) is 59.9 Å². The summed E-state index contributed by atoms with van der Waals surface area (Å²) in [6.45, 7) is 4.97. The fourth-order valence-electron chi connectivity index (χ4n) is 3.81. The van der Waals surface area contributed by atoms with Crippen LogP contribution in [0.1, 0.15) is 25.0 Å². The summed E-state index contributed by atoms with van der Waals surface area (Å²) in [6, 6.07) is 11.0. The van der Waals surface area contributed by atoms with Gasteiger partial charge in [0.15, 0.2) is 0 Å². The molecule has 1 atom stereocenters. The fraction of sp³-hybridized carbons (Fsp3) is 0.375. The maximum atomic E-state index is 13.6. The number of ether oxygens (including phenoxy) is 2. The molecule has 0 bridgehead atoms. The second-order valence-corrected chi connectivity index (χ2v) is 9.33. The van der Waals surface area contributed by atoms with E-state index in [1.807, 2.05) is 13.0 Å². The van der Waals surface area contributed by atoms with Gasteiger partial charge in [-0.3, -0.25) is 9.69 Å². The molecular formula is C24H30ClN5O5. The number of imide groups is 1. The van der Waals surface area contributed by atoms with E-state index >= 15 is 0 Å². The van der Waals surface area contributed by atoms with Crippen LogP contribution in [0, 0.1) is 12.3 Å². The third-order valence-corrected chi connectivity index (χ3v) is 5.99. The first kappa shape index (κ1) is 26.1. The van der Waals surface area contributed by atoms with Crippen LogP contribution in [0.25, 0.3) is 0 Å². The van der Waals surface area contributed by atoms with Crippen LogP contribution in [-0.2, 0) is 16.1 Å². The average Bonchev–Trinajstić information content (AvgIpc) is 2.83. The summed E-state index contributed by atoms with van der Waals surface area (Å²) in [6.07, 6.45) is -1.00. The van der Waals surface area contributed by atoms with Gasteiger partial charge in [-0.2, -0.15) is 0 Å². The number of benzene rings is 2. The molecule has 35 heavy (non-hydrogen) atoms. The lowest BCUT2D eigenvalue weighted by atomic mass is 9.93. The molecule has 1 unspecified atom stereocenters. The fourth-order valence-corrected chi connectivity index (χ4v) is 3.94. The maximum Gasteiger partial charge on any atom is 0.345 e. The number of nitrogens with one attached hydrogen (secondary N) is 1. The van der Waals surface area contributed by atoms with E-state index in [0.717, 1.165) is 21.0 Å². The predicted octanol–water partition coefficient (Wildman–Crippen LogP) is 3.79. The molecule has 2 aromatic carbocycles. The summed E-state index contributed by atoms with van der Waals surface area (Å²) in [4.78, 5) is 41.4. The van der Waals surface area contributed by atoms with Gasteiger partial charge in [0.05, 0.1) is 26.2 Å². The molecule has 3 N–H and O–H groups in total. The van der Waals surface area contributed by atoms with Crippen LogP contribution < -0.4 is 15.9 Å². The Balaban J connectivity index is 1.97. The highest BCUT2D eigenvalue weighted by atomic mass is 35.5. The number of hydrazine groups is 1. The van der Waals surface area contributed by atoms with E-state index in [9.17, 15) is 14.4 Å². The summed E-state index contributed by atoms with van der Waals surface area (Å²) in [5.41, 5.74) is 1.13. The zero-order valence-corrected chi connectivity index (χ0v) is 21.1. The van der Waals surface area contributed by atoms with Gasteiger partial charge >= 0.3 is 18.0 Å². The van der Waals surface area contributed by atoms with Crippen LogP contribution in [0.3, 0.4) is 0 Å². The number of carbonyl (C=O) groups excluding carboxylic acids is 3. The lowest BCUT2D eigenvalue weighted by Crippen LogP contribution is -2.71. The lowest BCUT2D eigenvalue weighted by molar-refractivity contribution is -0.151. The van der Waals surface area contributed by atoms with Gasteiger partial charge in [-0.05, 0) is 62.2 Å². The molecule has 1 fully saturated rings. The van der Waals surface area contributed by atoms with Crippen molar-refractivity contribution in [3.63, 3.8) is 0 Å². The number of hydrogen-bond donors (Lipinski definition) is 2.